The molecule has 89 heavy (non-hydrogen) atoms. The fourth-order valence-electron chi connectivity index (χ4n) is 8.78. The SMILES string of the molecule is C.C=C[CH2-].C=C[CH2-].CC(C)(C)P(c1cc2ccccc2n1-c1ccccc1)C(C)(C)C.Cc1ccc(-c2nc(Cc3ccccc3)c(N)nc2Cl)c(C=O)c1.Cc1ccc(B(O)O)c(C=O)c1.Nc1nc(Cl)c(Br)nc1Cc1ccccc1.[Cl][Pd+].[Cl][Pd+].[F-].[K+]. The minimum absolute atomic E-state index is 0. The topological polar surface area (TPSA) is 183 Å². The normalized spacial score (nSPS) is 9.93. The van der Waals surface area contributed by atoms with Crippen LogP contribution in [0.5, 0.6) is 0 Å². The van der Waals surface area contributed by atoms with E-state index in [1.165, 1.54) is 40.2 Å². The largest absolute Gasteiger partial charge is 1.00 e. The number of fused-ring (bicyclic) bond motifs is 1. The molecule has 474 valence electrons. The second-order valence-corrected chi connectivity index (χ2v) is 25.8. The van der Waals surface area contributed by atoms with Gasteiger partial charge in [-0.1, -0.05) is 205 Å². The summed E-state index contributed by atoms with van der Waals surface area (Å²) in [6.45, 7) is 31.1. The molecule has 0 bridgehead atoms. The van der Waals surface area contributed by atoms with Crippen molar-refractivity contribution in [2.45, 2.75) is 86.0 Å². The van der Waals surface area contributed by atoms with E-state index in [1.807, 2.05) is 86.6 Å². The van der Waals surface area contributed by atoms with E-state index in [1.54, 1.807) is 18.2 Å². The quantitative estimate of drug-likeness (QED) is 0.0445. The van der Waals surface area contributed by atoms with Crippen LogP contribution in [0, 0.1) is 27.7 Å². The summed E-state index contributed by atoms with van der Waals surface area (Å²) in [5.41, 5.74) is 23.5. The van der Waals surface area contributed by atoms with Crippen molar-refractivity contribution in [1.29, 1.82) is 0 Å². The number of aryl methyl sites for hydroxylation is 2. The number of carbonyl (C=O) groups excluding carboxylic acids is 2. The van der Waals surface area contributed by atoms with Gasteiger partial charge in [-0.05, 0) is 101 Å². The number of hydrogen-bond donors (Lipinski definition) is 4. The number of halogens is 6. The van der Waals surface area contributed by atoms with Gasteiger partial charge in [-0.2, -0.15) is 0 Å². The van der Waals surface area contributed by atoms with Crippen LogP contribution in [0.4, 0.5) is 11.6 Å². The summed E-state index contributed by atoms with van der Waals surface area (Å²) in [5, 5.41) is 19.9. The molecule has 0 saturated heterocycles. The van der Waals surface area contributed by atoms with E-state index in [4.69, 9.17) is 44.7 Å². The van der Waals surface area contributed by atoms with Crippen LogP contribution in [0.25, 0.3) is 27.8 Å². The predicted octanol–water partition coefficient (Wildman–Crippen LogP) is 11.0. The van der Waals surface area contributed by atoms with Crippen molar-refractivity contribution in [3.05, 3.63) is 257 Å². The second-order valence-electron chi connectivity index (χ2n) is 20.5. The third kappa shape index (κ3) is 28.5. The zero-order valence-corrected chi connectivity index (χ0v) is 62.3. The summed E-state index contributed by atoms with van der Waals surface area (Å²) < 4.78 is 3.01. The van der Waals surface area contributed by atoms with Gasteiger partial charge in [0.15, 0.2) is 16.6 Å². The van der Waals surface area contributed by atoms with Crippen LogP contribution in [0.2, 0.25) is 10.3 Å². The zero-order chi connectivity index (χ0) is 64.7. The van der Waals surface area contributed by atoms with E-state index in [9.17, 15) is 9.59 Å². The minimum Gasteiger partial charge on any atom is -1.00 e. The molecule has 9 aromatic rings. The molecule has 11 nitrogen and oxygen atoms in total. The van der Waals surface area contributed by atoms with Gasteiger partial charge in [0.1, 0.15) is 28.2 Å². The van der Waals surface area contributed by atoms with Crippen molar-refractivity contribution in [1.82, 2.24) is 24.5 Å². The van der Waals surface area contributed by atoms with Crippen LogP contribution in [0.1, 0.15) is 103 Å². The molecule has 3 heterocycles. The molecule has 0 fully saturated rings. The van der Waals surface area contributed by atoms with Gasteiger partial charge in [0.05, 0.1) is 16.9 Å². The molecule has 0 amide bonds. The Bertz CT molecular complexity index is 3540. The van der Waals surface area contributed by atoms with Gasteiger partial charge in [0.25, 0.3) is 0 Å². The molecule has 0 unspecified atom stereocenters. The standard InChI is InChI=1S/C22H28NP.C19H16ClN3O.C11H9BrClN3.C8H9BO3.2C3H5.CH4.2ClH.FH.K.2Pd/c1-21(2,3)24(22(4,5)6)20-16-17-12-10-11-15-19(17)23(20)18-13-8-7-9-14-18;1-12-7-8-15(14(9-12)11-24)17-18(20)23-19(21)16(22-17)10-13-5-3-2-4-6-13;12-9-10(13)16-11(14)8(15-9)6-7-4-2-1-3-5-7;1-6-2-3-8(9(11)12)7(4-6)5-10;2*1-3-2;;;;;;;/h7-16H,1-6H3;2-9,11H,10H2,1H3,(H2,21,23);1-5H,6H2,(H2,14,16);2-5,11-12H,1H3;2*3H,1-2H2;1H4;3*1H;;;/q;;;;2*-1;;;;;+1;2*+2/p-3. The Morgan fingerprint density at radius 1 is 0.629 bits per heavy atom. The Morgan fingerprint density at radius 3 is 1.48 bits per heavy atom. The average Bonchev–Trinajstić information content (AvgIpc) is 1.75. The molecule has 0 aliphatic heterocycles. The first-order valence-corrected chi connectivity index (χ1v) is 33.2. The third-order valence-corrected chi connectivity index (χ3v) is 16.6. The molecular formula is C67H76BBrCl4FKN7O4PPd2. The summed E-state index contributed by atoms with van der Waals surface area (Å²) >= 11 is 19.7. The Kier molecular flexibility index (Phi) is 44.5. The maximum atomic E-state index is 11.4. The zero-order valence-electron chi connectivity index (χ0n) is 50.6. The number of nitrogen functional groups attached to an aromatic ring is 2. The van der Waals surface area contributed by atoms with E-state index in [0.29, 0.717) is 63.4 Å². The van der Waals surface area contributed by atoms with Gasteiger partial charge < -0.3 is 30.8 Å². The fraction of sp³-hybridized carbons (Fsp3) is 0.194. The van der Waals surface area contributed by atoms with Crippen molar-refractivity contribution in [3.8, 4) is 16.9 Å². The van der Waals surface area contributed by atoms with Crippen molar-refractivity contribution < 1.29 is 112 Å². The first-order chi connectivity index (χ1) is 40.9. The summed E-state index contributed by atoms with van der Waals surface area (Å²) in [7, 11) is 7.03. The van der Waals surface area contributed by atoms with Gasteiger partial charge in [0, 0.05) is 46.0 Å². The van der Waals surface area contributed by atoms with Gasteiger partial charge in [-0.3, -0.25) is 9.59 Å². The predicted molar refractivity (Wildman–Crippen MR) is 370 cm³/mol. The Balaban J connectivity index is 0. The second kappa shape index (κ2) is 45.4. The number of aromatic nitrogens is 5. The first-order valence-electron chi connectivity index (χ1n) is 26.3. The summed E-state index contributed by atoms with van der Waals surface area (Å²) in [6, 6.07) is 52.2. The number of hydrogen-bond acceptors (Lipinski definition) is 10. The number of anilines is 2. The summed E-state index contributed by atoms with van der Waals surface area (Å²) in [6.07, 6.45) is 5.61. The van der Waals surface area contributed by atoms with Gasteiger partial charge in [0.2, 0.25) is 0 Å². The smallest absolute Gasteiger partial charge is 1.00 e. The maximum Gasteiger partial charge on any atom is 1.00 e. The molecule has 9 rings (SSSR count). The summed E-state index contributed by atoms with van der Waals surface area (Å²) in [4.78, 5) is 38.9. The molecule has 0 spiro atoms. The molecule has 6 N–H and O–H groups in total. The molecule has 0 aliphatic carbocycles. The first kappa shape index (κ1) is 87.2. The minimum atomic E-state index is -1.58. The number of para-hydroxylation sites is 2. The van der Waals surface area contributed by atoms with Crippen molar-refractivity contribution in [2.24, 2.45) is 0 Å². The van der Waals surface area contributed by atoms with Crippen LogP contribution in [-0.4, -0.2) is 64.6 Å². The van der Waals surface area contributed by atoms with Crippen LogP contribution in [0.3, 0.4) is 0 Å². The van der Waals surface area contributed by atoms with E-state index in [2.05, 4.69) is 225 Å². The van der Waals surface area contributed by atoms with Gasteiger partial charge in [-0.15, -0.1) is 0 Å². The van der Waals surface area contributed by atoms with Crippen LogP contribution >= 0.6 is 66.1 Å². The van der Waals surface area contributed by atoms with Crippen LogP contribution < -0.4 is 78.5 Å². The molecular weight excluding hydrogens is 1500 g/mol. The number of rotatable bonds is 10. The Morgan fingerprint density at radius 2 is 1.03 bits per heavy atom. The van der Waals surface area contributed by atoms with Gasteiger partial charge in [-0.25, -0.2) is 59.1 Å². The number of carbonyl (C=O) groups is 2. The Hall–Kier alpha value is -3.87. The maximum absolute atomic E-state index is 11.4. The molecule has 0 atom stereocenters. The number of aldehydes is 2. The molecule has 3 aromatic heterocycles. The number of benzene rings is 6. The van der Waals surface area contributed by atoms with Crippen molar-refractivity contribution in [2.75, 3.05) is 11.5 Å². The number of nitrogens with zero attached hydrogens (tertiary/aromatic N) is 5. The number of allylic oxidation sites excluding steroid dienone is 2. The summed E-state index contributed by atoms with van der Waals surface area (Å²) in [5.74, 6) is 0.671. The molecule has 0 saturated carbocycles. The Labute approximate surface area is 619 Å². The van der Waals surface area contributed by atoms with E-state index in [-0.39, 0.29) is 97.5 Å². The van der Waals surface area contributed by atoms with Crippen LogP contribution in [0.15, 0.2) is 188 Å². The monoisotopic (exact) mass is 1570 g/mol. The molecule has 22 heteroatoms. The molecule has 0 aliphatic rings. The molecule has 6 aromatic carbocycles. The third-order valence-electron chi connectivity index (χ3n) is 11.8. The number of nitrogens with two attached hydrogens (primary N) is 2. The van der Waals surface area contributed by atoms with E-state index >= 15 is 0 Å². The van der Waals surface area contributed by atoms with Crippen molar-refractivity contribution >= 4 is 119 Å². The van der Waals surface area contributed by atoms with E-state index < -0.39 is 7.12 Å². The van der Waals surface area contributed by atoms with E-state index in [0.717, 1.165) is 34.2 Å². The average molecular weight is 1580 g/mol. The van der Waals surface area contributed by atoms with Crippen molar-refractivity contribution in [3.63, 3.8) is 0 Å². The van der Waals surface area contributed by atoms with Gasteiger partial charge >= 0.3 is 114 Å². The van der Waals surface area contributed by atoms with Crippen LogP contribution in [-0.2, 0) is 49.2 Å². The molecule has 0 radical (unpaired) electrons. The fourth-order valence-corrected chi connectivity index (χ4v) is 13.5.